The summed E-state index contributed by atoms with van der Waals surface area (Å²) in [6, 6.07) is 20.7. The Morgan fingerprint density at radius 3 is 2.47 bits per heavy atom. The Morgan fingerprint density at radius 2 is 1.75 bits per heavy atom. The van der Waals surface area contributed by atoms with Crippen LogP contribution in [0.25, 0.3) is 16.8 Å². The molecule has 32 heavy (non-hydrogen) atoms. The molecule has 0 spiro atoms. The Hall–Kier alpha value is -4.18. The number of benzene rings is 2. The number of hydrogen-bond acceptors (Lipinski definition) is 5. The average molecular weight is 425 g/mol. The molecule has 2 heterocycles. The SMILES string of the molecule is CC(C)(C)CNC(=O)c1ccc(-c2ccc3nc(Nc4ccccc4C#N)nn3c2)cc1. The number of nitriles is 1. The van der Waals surface area contributed by atoms with E-state index in [0.29, 0.717) is 35.0 Å². The Bertz CT molecular complexity index is 1310. The van der Waals surface area contributed by atoms with Crippen LogP contribution in [-0.4, -0.2) is 27.0 Å². The fourth-order valence-electron chi connectivity index (χ4n) is 3.18. The molecule has 4 rings (SSSR count). The second-order valence-electron chi connectivity index (χ2n) is 8.76. The van der Waals surface area contributed by atoms with Crippen LogP contribution in [0.4, 0.5) is 11.6 Å². The van der Waals surface area contributed by atoms with Gasteiger partial charge < -0.3 is 10.6 Å². The van der Waals surface area contributed by atoms with Gasteiger partial charge in [0.05, 0.1) is 11.3 Å². The Kier molecular flexibility index (Phi) is 5.61. The van der Waals surface area contributed by atoms with Crippen LogP contribution in [0.1, 0.15) is 36.7 Å². The maximum absolute atomic E-state index is 12.4. The van der Waals surface area contributed by atoms with E-state index >= 15 is 0 Å². The van der Waals surface area contributed by atoms with E-state index in [4.69, 9.17) is 0 Å². The Labute approximate surface area is 186 Å². The van der Waals surface area contributed by atoms with Gasteiger partial charge in [-0.25, -0.2) is 4.52 Å². The molecule has 0 aliphatic heterocycles. The van der Waals surface area contributed by atoms with Crippen LogP contribution in [-0.2, 0) is 0 Å². The minimum Gasteiger partial charge on any atom is -0.352 e. The number of fused-ring (bicyclic) bond motifs is 1. The minimum atomic E-state index is -0.0773. The normalized spacial score (nSPS) is 11.2. The van der Waals surface area contributed by atoms with E-state index < -0.39 is 0 Å². The monoisotopic (exact) mass is 424 g/mol. The summed E-state index contributed by atoms with van der Waals surface area (Å²) in [7, 11) is 0. The van der Waals surface area contributed by atoms with E-state index in [1.165, 1.54) is 0 Å². The summed E-state index contributed by atoms with van der Waals surface area (Å²) in [5.41, 5.74) is 4.45. The van der Waals surface area contributed by atoms with E-state index in [1.807, 2.05) is 60.8 Å². The van der Waals surface area contributed by atoms with Gasteiger partial charge in [0, 0.05) is 23.9 Å². The van der Waals surface area contributed by atoms with Crippen molar-refractivity contribution in [1.29, 1.82) is 5.26 Å². The van der Waals surface area contributed by atoms with Crippen molar-refractivity contribution in [3.8, 4) is 17.2 Å². The van der Waals surface area contributed by atoms with Gasteiger partial charge in [-0.3, -0.25) is 4.79 Å². The number of nitrogens with one attached hydrogen (secondary N) is 2. The van der Waals surface area contributed by atoms with E-state index in [1.54, 1.807) is 10.6 Å². The second kappa shape index (κ2) is 8.52. The first-order valence-electron chi connectivity index (χ1n) is 10.3. The maximum atomic E-state index is 12.4. The van der Waals surface area contributed by atoms with Crippen molar-refractivity contribution in [3.05, 3.63) is 78.0 Å². The molecule has 0 saturated carbocycles. The number of pyridine rings is 1. The van der Waals surface area contributed by atoms with Crippen LogP contribution >= 0.6 is 0 Å². The molecule has 4 aromatic rings. The zero-order valence-corrected chi connectivity index (χ0v) is 18.3. The number of carbonyl (C=O) groups excluding carboxylic acids is 1. The maximum Gasteiger partial charge on any atom is 0.251 e. The van der Waals surface area contributed by atoms with Gasteiger partial charge in [0.25, 0.3) is 5.91 Å². The number of nitrogens with zero attached hydrogens (tertiary/aromatic N) is 4. The number of carbonyl (C=O) groups is 1. The van der Waals surface area contributed by atoms with Crippen LogP contribution in [0.15, 0.2) is 66.9 Å². The summed E-state index contributed by atoms with van der Waals surface area (Å²) in [6.45, 7) is 6.87. The second-order valence-corrected chi connectivity index (χ2v) is 8.76. The van der Waals surface area contributed by atoms with Gasteiger partial charge in [-0.1, -0.05) is 45.0 Å². The highest BCUT2D eigenvalue weighted by Gasteiger charge is 2.13. The summed E-state index contributed by atoms with van der Waals surface area (Å²) < 4.78 is 1.69. The molecule has 160 valence electrons. The molecule has 0 bridgehead atoms. The van der Waals surface area contributed by atoms with E-state index in [2.05, 4.69) is 47.6 Å². The van der Waals surface area contributed by atoms with Gasteiger partial charge in [-0.15, -0.1) is 5.10 Å². The lowest BCUT2D eigenvalue weighted by atomic mass is 9.97. The number of rotatable bonds is 5. The lowest BCUT2D eigenvalue weighted by Crippen LogP contribution is -2.32. The third-order valence-corrected chi connectivity index (χ3v) is 4.88. The van der Waals surface area contributed by atoms with Gasteiger partial charge in [-0.2, -0.15) is 10.2 Å². The highest BCUT2D eigenvalue weighted by molar-refractivity contribution is 5.94. The number of amides is 1. The molecule has 0 unspecified atom stereocenters. The molecule has 0 atom stereocenters. The fourth-order valence-corrected chi connectivity index (χ4v) is 3.18. The van der Waals surface area contributed by atoms with Gasteiger partial charge >= 0.3 is 0 Å². The van der Waals surface area contributed by atoms with Crippen LogP contribution in [0.2, 0.25) is 0 Å². The third kappa shape index (κ3) is 4.76. The Balaban J connectivity index is 1.53. The van der Waals surface area contributed by atoms with Crippen molar-refractivity contribution in [2.75, 3.05) is 11.9 Å². The van der Waals surface area contributed by atoms with Crippen LogP contribution in [0.3, 0.4) is 0 Å². The van der Waals surface area contributed by atoms with Crippen LogP contribution in [0.5, 0.6) is 0 Å². The first-order valence-corrected chi connectivity index (χ1v) is 10.3. The standard InChI is InChI=1S/C25H24N6O/c1-25(2,3)16-27-23(32)18-10-8-17(9-11-18)20-12-13-22-29-24(30-31(22)15-20)28-21-7-5-4-6-19(21)14-26/h4-13,15H,16H2,1-3H3,(H,27,32)(H,28,30). The molecular weight excluding hydrogens is 400 g/mol. The first-order chi connectivity index (χ1) is 15.3. The average Bonchev–Trinajstić information content (AvgIpc) is 3.19. The van der Waals surface area contributed by atoms with Crippen molar-refractivity contribution < 1.29 is 4.79 Å². The molecule has 0 radical (unpaired) electrons. The smallest absolute Gasteiger partial charge is 0.251 e. The molecule has 0 saturated heterocycles. The zero-order chi connectivity index (χ0) is 22.7. The summed E-state index contributed by atoms with van der Waals surface area (Å²) in [6.07, 6.45) is 1.89. The van der Waals surface area contributed by atoms with Crippen molar-refractivity contribution in [2.24, 2.45) is 5.41 Å². The largest absolute Gasteiger partial charge is 0.352 e. The Morgan fingerprint density at radius 1 is 1.03 bits per heavy atom. The quantitative estimate of drug-likeness (QED) is 0.480. The lowest BCUT2D eigenvalue weighted by Gasteiger charge is -2.18. The summed E-state index contributed by atoms with van der Waals surface area (Å²) in [5.74, 6) is 0.335. The topological polar surface area (TPSA) is 95.1 Å². The van der Waals surface area contributed by atoms with Crippen molar-refractivity contribution >= 4 is 23.2 Å². The number of hydrogen-bond donors (Lipinski definition) is 2. The zero-order valence-electron chi connectivity index (χ0n) is 18.3. The summed E-state index contributed by atoms with van der Waals surface area (Å²) in [4.78, 5) is 16.8. The molecule has 2 aromatic heterocycles. The molecule has 0 aliphatic rings. The molecule has 0 aliphatic carbocycles. The van der Waals surface area contributed by atoms with Gasteiger partial charge in [-0.05, 0) is 47.4 Å². The minimum absolute atomic E-state index is 0.0349. The van der Waals surface area contributed by atoms with Crippen molar-refractivity contribution in [2.45, 2.75) is 20.8 Å². The molecule has 2 aromatic carbocycles. The van der Waals surface area contributed by atoms with E-state index in [0.717, 1.165) is 11.1 Å². The molecule has 7 heteroatoms. The van der Waals surface area contributed by atoms with Crippen molar-refractivity contribution in [1.82, 2.24) is 19.9 Å². The van der Waals surface area contributed by atoms with Gasteiger partial charge in [0.1, 0.15) is 6.07 Å². The predicted octanol–water partition coefficient (Wildman–Crippen LogP) is 4.79. The van der Waals surface area contributed by atoms with Crippen LogP contribution in [0, 0.1) is 16.7 Å². The predicted molar refractivity (Wildman–Crippen MR) is 125 cm³/mol. The van der Waals surface area contributed by atoms with E-state index in [-0.39, 0.29) is 11.3 Å². The number of para-hydroxylation sites is 1. The first kappa shape index (κ1) is 21.1. The summed E-state index contributed by atoms with van der Waals surface area (Å²) in [5, 5.41) is 19.8. The number of anilines is 2. The van der Waals surface area contributed by atoms with Crippen LogP contribution < -0.4 is 10.6 Å². The highest BCUT2D eigenvalue weighted by Crippen LogP contribution is 2.23. The number of aromatic nitrogens is 3. The van der Waals surface area contributed by atoms with Gasteiger partial charge in [0.2, 0.25) is 5.95 Å². The molecule has 2 N–H and O–H groups in total. The van der Waals surface area contributed by atoms with Gasteiger partial charge in [0.15, 0.2) is 5.65 Å². The molecule has 7 nitrogen and oxygen atoms in total. The summed E-state index contributed by atoms with van der Waals surface area (Å²) >= 11 is 0. The van der Waals surface area contributed by atoms with E-state index in [9.17, 15) is 10.1 Å². The molecule has 0 fully saturated rings. The molecule has 1 amide bonds. The lowest BCUT2D eigenvalue weighted by molar-refractivity contribution is 0.0939. The molecular formula is C25H24N6O. The third-order valence-electron chi connectivity index (χ3n) is 4.88. The fraction of sp³-hybridized carbons (Fsp3) is 0.200. The highest BCUT2D eigenvalue weighted by atomic mass is 16.1. The van der Waals surface area contributed by atoms with Crippen molar-refractivity contribution in [3.63, 3.8) is 0 Å².